The number of nitrogens with zero attached hydrogens (tertiary/aromatic N) is 8. The van der Waals surface area contributed by atoms with E-state index < -0.39 is 11.7 Å². The lowest BCUT2D eigenvalue weighted by Gasteiger charge is -2.11. The van der Waals surface area contributed by atoms with Crippen molar-refractivity contribution in [3.8, 4) is 17.6 Å². The number of carbonyl (C=O) groups excluding carboxylic acids is 1. The monoisotopic (exact) mass is 474 g/mol. The molecule has 0 radical (unpaired) electrons. The average molecular weight is 474 g/mol. The molecule has 172 valence electrons. The predicted molar refractivity (Wildman–Crippen MR) is 129 cm³/mol. The van der Waals surface area contributed by atoms with Gasteiger partial charge in [0.05, 0.1) is 24.5 Å². The normalized spacial score (nSPS) is 10.8. The molecule has 12 nitrogen and oxygen atoms in total. The van der Waals surface area contributed by atoms with Gasteiger partial charge in [-0.1, -0.05) is 30.3 Å². The molecule has 3 aromatic heterocycles. The molecule has 0 aliphatic carbocycles. The molecule has 36 heavy (non-hydrogen) atoms. The highest BCUT2D eigenvalue weighted by molar-refractivity contribution is 6.16. The minimum Gasteiger partial charge on any atom is -0.505 e. The second-order valence-corrected chi connectivity index (χ2v) is 7.33. The third kappa shape index (κ3) is 3.87. The van der Waals surface area contributed by atoms with Crippen LogP contribution in [0.5, 0.6) is 5.75 Å². The molecule has 0 unspecified atom stereocenters. The number of nitrogens with one attached hydrogen (secondary N) is 2. The van der Waals surface area contributed by atoms with Gasteiger partial charge >= 0.3 is 0 Å². The van der Waals surface area contributed by atoms with Crippen LogP contribution >= 0.6 is 0 Å². The molecule has 12 heteroatoms. The number of fused-ring (bicyclic) bond motifs is 1. The first kappa shape index (κ1) is 21.9. The average Bonchev–Trinajstić information content (AvgIpc) is 3.54. The second kappa shape index (κ2) is 9.17. The predicted octanol–water partition coefficient (Wildman–Crippen LogP) is 4.94. The summed E-state index contributed by atoms with van der Waals surface area (Å²) in [5, 5.41) is 42.7. The fourth-order valence-corrected chi connectivity index (χ4v) is 3.52. The molecule has 0 bridgehead atoms. The largest absolute Gasteiger partial charge is 0.505 e. The highest BCUT2D eigenvalue weighted by atomic mass is 16.3. The third-order valence-electron chi connectivity index (χ3n) is 5.19. The van der Waals surface area contributed by atoms with Crippen LogP contribution in [0.4, 0.5) is 23.0 Å². The summed E-state index contributed by atoms with van der Waals surface area (Å²) < 4.78 is 1.35. The first-order valence-corrected chi connectivity index (χ1v) is 10.4. The van der Waals surface area contributed by atoms with Gasteiger partial charge in [0.25, 0.3) is 11.6 Å². The Morgan fingerprint density at radius 1 is 1.19 bits per heavy atom. The van der Waals surface area contributed by atoms with Crippen LogP contribution in [-0.4, -0.2) is 36.0 Å². The summed E-state index contributed by atoms with van der Waals surface area (Å²) in [6.45, 7) is 7.43. The second-order valence-electron chi connectivity index (χ2n) is 7.33. The molecular formula is C24H14N10O2. The molecule has 0 aliphatic rings. The zero-order chi connectivity index (χ0) is 25.1. The highest BCUT2D eigenvalue weighted by Crippen LogP contribution is 2.39. The van der Waals surface area contributed by atoms with Crippen LogP contribution in [0, 0.1) is 17.9 Å². The van der Waals surface area contributed by atoms with Gasteiger partial charge in [0.15, 0.2) is 17.4 Å². The van der Waals surface area contributed by atoms with Gasteiger partial charge in [-0.3, -0.25) is 9.89 Å². The number of rotatable bonds is 5. The Morgan fingerprint density at radius 3 is 2.81 bits per heavy atom. The van der Waals surface area contributed by atoms with Crippen molar-refractivity contribution in [1.29, 1.82) is 5.26 Å². The van der Waals surface area contributed by atoms with Gasteiger partial charge in [0.1, 0.15) is 23.1 Å². The quantitative estimate of drug-likeness (QED) is 0.241. The molecule has 0 spiro atoms. The van der Waals surface area contributed by atoms with E-state index in [1.807, 2.05) is 6.07 Å². The molecule has 0 atom stereocenters. The van der Waals surface area contributed by atoms with Crippen molar-refractivity contribution in [2.24, 2.45) is 10.2 Å². The maximum absolute atomic E-state index is 13.2. The first-order chi connectivity index (χ1) is 17.6. The lowest BCUT2D eigenvalue weighted by atomic mass is 10.0. The Labute approximate surface area is 203 Å². The summed E-state index contributed by atoms with van der Waals surface area (Å²) in [6.07, 6.45) is 4.19. The van der Waals surface area contributed by atoms with Crippen molar-refractivity contribution in [1.82, 2.24) is 25.0 Å². The van der Waals surface area contributed by atoms with E-state index in [0.29, 0.717) is 16.6 Å². The van der Waals surface area contributed by atoms with E-state index in [0.717, 1.165) is 0 Å². The van der Waals surface area contributed by atoms with E-state index in [-0.39, 0.29) is 34.1 Å². The summed E-state index contributed by atoms with van der Waals surface area (Å²) in [5.41, 5.74) is 0.196. The van der Waals surface area contributed by atoms with Gasteiger partial charge in [0.2, 0.25) is 0 Å². The van der Waals surface area contributed by atoms with E-state index in [2.05, 4.69) is 40.7 Å². The number of hydrogen-bond donors (Lipinski definition) is 3. The Hall–Kier alpha value is -5.88. The van der Waals surface area contributed by atoms with Gasteiger partial charge in [-0.2, -0.15) is 15.5 Å². The van der Waals surface area contributed by atoms with Gasteiger partial charge in [-0.15, -0.1) is 10.2 Å². The zero-order valence-electron chi connectivity index (χ0n) is 18.3. The van der Waals surface area contributed by atoms with E-state index in [4.69, 9.17) is 6.57 Å². The maximum Gasteiger partial charge on any atom is 0.261 e. The topological polar surface area (TPSA) is 162 Å². The van der Waals surface area contributed by atoms with Crippen molar-refractivity contribution in [3.63, 3.8) is 0 Å². The van der Waals surface area contributed by atoms with Gasteiger partial charge in [-0.05, 0) is 29.0 Å². The van der Waals surface area contributed by atoms with Gasteiger partial charge < -0.3 is 10.4 Å². The molecule has 0 fully saturated rings. The zero-order valence-corrected chi connectivity index (χ0v) is 18.3. The number of azo groups is 1. The van der Waals surface area contributed by atoms with Crippen LogP contribution in [0.25, 0.3) is 21.4 Å². The fourth-order valence-electron chi connectivity index (χ4n) is 3.52. The van der Waals surface area contributed by atoms with E-state index >= 15 is 0 Å². The SMILES string of the molecule is [C-]#[N+]c1cnn(-c2ccccn2)c1N=Nc1cc2ccccc2c(C(=O)Nc2[nH]ncc2C#N)c1O. The van der Waals surface area contributed by atoms with Gasteiger partial charge in [0, 0.05) is 6.20 Å². The van der Waals surface area contributed by atoms with E-state index in [1.54, 1.807) is 54.7 Å². The number of aromatic nitrogens is 5. The number of benzene rings is 2. The molecule has 2 aromatic carbocycles. The van der Waals surface area contributed by atoms with Crippen LogP contribution in [0.15, 0.2) is 77.3 Å². The number of phenols is 1. The Balaban J connectivity index is 1.61. The van der Waals surface area contributed by atoms with Crippen molar-refractivity contribution in [2.75, 3.05) is 5.32 Å². The number of hydrogen-bond acceptors (Lipinski definition) is 8. The van der Waals surface area contributed by atoms with Crippen molar-refractivity contribution in [3.05, 3.63) is 89.7 Å². The van der Waals surface area contributed by atoms with Gasteiger partial charge in [-0.25, -0.2) is 14.5 Å². The third-order valence-corrected chi connectivity index (χ3v) is 5.19. The minimum atomic E-state index is -0.679. The number of aromatic hydroxyl groups is 1. The number of aromatic amines is 1. The minimum absolute atomic E-state index is 0.00586. The molecule has 0 saturated carbocycles. The van der Waals surface area contributed by atoms with E-state index in [9.17, 15) is 15.2 Å². The summed E-state index contributed by atoms with van der Waals surface area (Å²) >= 11 is 0. The van der Waals surface area contributed by atoms with Crippen molar-refractivity contribution >= 4 is 39.7 Å². The maximum atomic E-state index is 13.2. The number of anilines is 1. The summed E-state index contributed by atoms with van der Waals surface area (Å²) in [5.74, 6) is -0.475. The molecule has 1 amide bonds. The lowest BCUT2D eigenvalue weighted by molar-refractivity contribution is 0.102. The summed E-state index contributed by atoms with van der Waals surface area (Å²) in [7, 11) is 0. The Bertz CT molecular complexity index is 1720. The molecular weight excluding hydrogens is 460 g/mol. The van der Waals surface area contributed by atoms with Crippen molar-refractivity contribution < 1.29 is 9.90 Å². The summed E-state index contributed by atoms with van der Waals surface area (Å²) in [6, 6.07) is 15.6. The standard InChI is InChI=1S/C24H14N10O2/c1-26-18-13-29-34(19-8-4-5-9-27-19)23(18)33-31-17-10-14-6-2-3-7-16(14)20(21(17)35)24(36)30-22-15(11-25)12-28-32-22/h2-10,12-13,35H,(H2,28,30,32,36). The van der Waals surface area contributed by atoms with Crippen LogP contribution < -0.4 is 5.32 Å². The van der Waals surface area contributed by atoms with E-state index in [1.165, 1.54) is 17.1 Å². The molecule has 0 aliphatic heterocycles. The molecule has 3 heterocycles. The molecule has 5 aromatic rings. The fraction of sp³-hybridized carbons (Fsp3) is 0. The number of amides is 1. The van der Waals surface area contributed by atoms with Crippen molar-refractivity contribution in [2.45, 2.75) is 0 Å². The number of nitriles is 1. The van der Waals surface area contributed by atoms with Crippen LogP contribution in [0.1, 0.15) is 15.9 Å². The van der Waals surface area contributed by atoms with Crippen LogP contribution in [-0.2, 0) is 0 Å². The highest BCUT2D eigenvalue weighted by Gasteiger charge is 2.21. The Morgan fingerprint density at radius 2 is 2.03 bits per heavy atom. The first-order valence-electron chi connectivity index (χ1n) is 10.4. The summed E-state index contributed by atoms with van der Waals surface area (Å²) in [4.78, 5) is 20.8. The molecule has 5 rings (SSSR count). The van der Waals surface area contributed by atoms with Crippen LogP contribution in [0.3, 0.4) is 0 Å². The number of H-pyrrole nitrogens is 1. The number of phenolic OH excluding ortho intramolecular Hbond substituents is 1. The smallest absolute Gasteiger partial charge is 0.261 e. The Kier molecular flexibility index (Phi) is 5.59. The number of pyridine rings is 1. The number of carbonyl (C=O) groups is 1. The molecule has 0 saturated heterocycles. The lowest BCUT2D eigenvalue weighted by Crippen LogP contribution is -2.14. The van der Waals surface area contributed by atoms with Crippen LogP contribution in [0.2, 0.25) is 0 Å². The molecule has 3 N–H and O–H groups in total.